The highest BCUT2D eigenvalue weighted by Gasteiger charge is 2.31. The topological polar surface area (TPSA) is 93.8 Å². The molecule has 1 aliphatic heterocycles. The lowest BCUT2D eigenvalue weighted by Crippen LogP contribution is -2.55. The maximum atomic E-state index is 14.7. The summed E-state index contributed by atoms with van der Waals surface area (Å²) in [6.45, 7) is 7.02. The van der Waals surface area contributed by atoms with Crippen LogP contribution in [0, 0.1) is 11.7 Å². The Bertz CT molecular complexity index is 1210. The van der Waals surface area contributed by atoms with Gasteiger partial charge in [0, 0.05) is 49.4 Å². The van der Waals surface area contributed by atoms with E-state index < -0.39 is 30.5 Å². The van der Waals surface area contributed by atoms with E-state index >= 15 is 0 Å². The molecule has 2 aliphatic rings. The number of anilines is 1. The molecule has 0 spiro atoms. The minimum Gasteiger partial charge on any atom is -0.347 e. The number of hydrogen-bond acceptors (Lipinski definition) is 4. The van der Waals surface area contributed by atoms with Gasteiger partial charge in [0.15, 0.2) is 0 Å². The molecule has 1 atom stereocenters. The number of benzene rings is 2. The van der Waals surface area contributed by atoms with Crippen LogP contribution in [0.1, 0.15) is 59.9 Å². The fourth-order valence-corrected chi connectivity index (χ4v) is 4.55. The largest absolute Gasteiger partial charge is 0.347 e. The Labute approximate surface area is 228 Å². The minimum absolute atomic E-state index is 0.00952. The zero-order chi connectivity index (χ0) is 28.2. The van der Waals surface area contributed by atoms with Crippen molar-refractivity contribution in [2.75, 3.05) is 38.2 Å². The highest BCUT2D eigenvalue weighted by Crippen LogP contribution is 2.27. The molecule has 3 N–H and O–H groups in total. The summed E-state index contributed by atoms with van der Waals surface area (Å²) in [5.74, 6) is -0.774. The molecular formula is C29H37F2N5O3. The molecular weight excluding hydrogens is 504 g/mol. The molecule has 4 amide bonds. The van der Waals surface area contributed by atoms with Gasteiger partial charge in [0.25, 0.3) is 11.8 Å². The normalized spacial score (nSPS) is 18.0. The fourth-order valence-electron chi connectivity index (χ4n) is 4.55. The van der Waals surface area contributed by atoms with Gasteiger partial charge < -0.3 is 20.9 Å². The average Bonchev–Trinajstić information content (AvgIpc) is 3.72. The van der Waals surface area contributed by atoms with Crippen LogP contribution in [0.4, 0.5) is 19.3 Å². The molecule has 1 unspecified atom stereocenters. The number of amides is 4. The molecule has 1 aliphatic carbocycles. The molecule has 1 saturated carbocycles. The van der Waals surface area contributed by atoms with E-state index in [-0.39, 0.29) is 29.2 Å². The van der Waals surface area contributed by atoms with Gasteiger partial charge in [-0.2, -0.15) is 0 Å². The number of urea groups is 1. The number of hydrogen-bond donors (Lipinski definition) is 3. The Morgan fingerprint density at radius 3 is 2.46 bits per heavy atom. The van der Waals surface area contributed by atoms with Gasteiger partial charge in [0.1, 0.15) is 12.5 Å². The number of alkyl halides is 1. The third kappa shape index (κ3) is 7.98. The lowest BCUT2D eigenvalue weighted by atomic mass is 10.0. The Balaban J connectivity index is 1.35. The van der Waals surface area contributed by atoms with E-state index in [4.69, 9.17) is 0 Å². The van der Waals surface area contributed by atoms with Crippen LogP contribution in [-0.2, 0) is 6.54 Å². The molecule has 0 bridgehead atoms. The zero-order valence-corrected chi connectivity index (χ0v) is 22.7. The van der Waals surface area contributed by atoms with E-state index in [1.165, 1.54) is 17.0 Å². The second-order valence-corrected chi connectivity index (χ2v) is 11.4. The van der Waals surface area contributed by atoms with Crippen LogP contribution in [0.3, 0.4) is 0 Å². The third-order valence-electron chi connectivity index (χ3n) is 6.85. The summed E-state index contributed by atoms with van der Waals surface area (Å²) in [5, 5.41) is 8.12. The smallest absolute Gasteiger partial charge is 0.319 e. The van der Waals surface area contributed by atoms with Crippen molar-refractivity contribution in [3.05, 3.63) is 65.0 Å². The summed E-state index contributed by atoms with van der Waals surface area (Å²) < 4.78 is 28.7. The van der Waals surface area contributed by atoms with Crippen LogP contribution < -0.4 is 16.0 Å². The highest BCUT2D eigenvalue weighted by atomic mass is 19.1. The van der Waals surface area contributed by atoms with Crippen molar-refractivity contribution in [1.29, 1.82) is 0 Å². The van der Waals surface area contributed by atoms with Crippen molar-refractivity contribution in [3.63, 3.8) is 0 Å². The summed E-state index contributed by atoms with van der Waals surface area (Å²) >= 11 is 0. The number of nitrogens with one attached hydrogen (secondary N) is 3. The summed E-state index contributed by atoms with van der Waals surface area (Å²) in [5.41, 5.74) is 1.18. The highest BCUT2D eigenvalue weighted by molar-refractivity contribution is 5.96. The van der Waals surface area contributed by atoms with Crippen molar-refractivity contribution >= 4 is 23.5 Å². The first-order valence-corrected chi connectivity index (χ1v) is 13.4. The van der Waals surface area contributed by atoms with Gasteiger partial charge in [-0.25, -0.2) is 13.6 Å². The first-order valence-electron chi connectivity index (χ1n) is 13.4. The standard InChI is InChI=1S/C29H37F2N5O3/c1-29(2,3)34-26(37)21-6-4-5-20(13-21)17-35-11-12-36(18-23(35)15-30)27(38)22-9-10-25(24(31)14-22)33-28(39)32-16-19-7-8-19/h4-6,9-10,13-14,19,23H,7-8,11-12,15-18H2,1-3H3,(H,34,37)(H2,32,33,39). The van der Waals surface area contributed by atoms with E-state index in [1.807, 2.05) is 31.7 Å². The maximum Gasteiger partial charge on any atom is 0.319 e. The number of piperazine rings is 1. The number of carbonyl (C=O) groups is 3. The molecule has 1 heterocycles. The molecule has 2 fully saturated rings. The summed E-state index contributed by atoms with van der Waals surface area (Å²) in [6, 6.07) is 10.2. The van der Waals surface area contributed by atoms with E-state index in [0.29, 0.717) is 37.7 Å². The number of halogens is 2. The minimum atomic E-state index is -0.710. The monoisotopic (exact) mass is 541 g/mol. The molecule has 0 radical (unpaired) electrons. The Morgan fingerprint density at radius 2 is 1.79 bits per heavy atom. The van der Waals surface area contributed by atoms with Crippen LogP contribution in [0.5, 0.6) is 0 Å². The molecule has 210 valence electrons. The summed E-state index contributed by atoms with van der Waals surface area (Å²) in [6.07, 6.45) is 2.18. The average molecular weight is 542 g/mol. The molecule has 1 saturated heterocycles. The van der Waals surface area contributed by atoms with Crippen LogP contribution in [0.15, 0.2) is 42.5 Å². The predicted molar refractivity (Wildman–Crippen MR) is 146 cm³/mol. The molecule has 39 heavy (non-hydrogen) atoms. The third-order valence-corrected chi connectivity index (χ3v) is 6.85. The molecule has 4 rings (SSSR count). The number of nitrogens with zero attached hydrogens (tertiary/aromatic N) is 2. The second kappa shape index (κ2) is 12.1. The summed E-state index contributed by atoms with van der Waals surface area (Å²) in [7, 11) is 0. The summed E-state index contributed by atoms with van der Waals surface area (Å²) in [4.78, 5) is 41.1. The van der Waals surface area contributed by atoms with Crippen LogP contribution in [0.25, 0.3) is 0 Å². The first kappa shape index (κ1) is 28.5. The van der Waals surface area contributed by atoms with Crippen molar-refractivity contribution in [1.82, 2.24) is 20.4 Å². The number of rotatable bonds is 8. The Hall–Kier alpha value is -3.53. The quantitative estimate of drug-likeness (QED) is 0.468. The van der Waals surface area contributed by atoms with E-state index in [0.717, 1.165) is 24.5 Å². The SMILES string of the molecule is CC(C)(C)NC(=O)c1cccc(CN2CCN(C(=O)c3ccc(NC(=O)NCC4CC4)c(F)c3)CC2CF)c1. The van der Waals surface area contributed by atoms with Gasteiger partial charge in [-0.05, 0) is 75.4 Å². The van der Waals surface area contributed by atoms with Crippen LogP contribution in [0.2, 0.25) is 0 Å². The van der Waals surface area contributed by atoms with Gasteiger partial charge in [-0.3, -0.25) is 14.5 Å². The van der Waals surface area contributed by atoms with Crippen molar-refractivity contribution < 1.29 is 23.2 Å². The lowest BCUT2D eigenvalue weighted by molar-refractivity contribution is 0.0399. The van der Waals surface area contributed by atoms with Gasteiger partial charge in [0.2, 0.25) is 0 Å². The van der Waals surface area contributed by atoms with Gasteiger partial charge >= 0.3 is 6.03 Å². The van der Waals surface area contributed by atoms with Crippen molar-refractivity contribution in [3.8, 4) is 0 Å². The van der Waals surface area contributed by atoms with Crippen molar-refractivity contribution in [2.45, 2.75) is 51.7 Å². The van der Waals surface area contributed by atoms with Gasteiger partial charge in [-0.1, -0.05) is 12.1 Å². The molecule has 10 heteroatoms. The van der Waals surface area contributed by atoms with Crippen molar-refractivity contribution in [2.24, 2.45) is 5.92 Å². The van der Waals surface area contributed by atoms with E-state index in [2.05, 4.69) is 16.0 Å². The molecule has 8 nitrogen and oxygen atoms in total. The first-order chi connectivity index (χ1) is 18.5. The maximum absolute atomic E-state index is 14.7. The lowest BCUT2D eigenvalue weighted by Gasteiger charge is -2.40. The van der Waals surface area contributed by atoms with E-state index in [9.17, 15) is 23.2 Å². The Morgan fingerprint density at radius 1 is 1.03 bits per heavy atom. The van der Waals surface area contributed by atoms with Gasteiger partial charge in [-0.15, -0.1) is 0 Å². The molecule has 2 aromatic carbocycles. The zero-order valence-electron chi connectivity index (χ0n) is 22.7. The van der Waals surface area contributed by atoms with Gasteiger partial charge in [0.05, 0.1) is 11.7 Å². The van der Waals surface area contributed by atoms with Crippen LogP contribution in [-0.4, -0.2) is 72.1 Å². The van der Waals surface area contributed by atoms with E-state index in [1.54, 1.807) is 18.2 Å². The van der Waals surface area contributed by atoms with Crippen LogP contribution >= 0.6 is 0 Å². The Kier molecular flexibility index (Phi) is 8.84. The molecule has 0 aromatic heterocycles. The number of carbonyl (C=O) groups excluding carboxylic acids is 3. The second-order valence-electron chi connectivity index (χ2n) is 11.4. The molecule has 2 aromatic rings. The predicted octanol–water partition coefficient (Wildman–Crippen LogP) is 4.18. The fraction of sp³-hybridized carbons (Fsp3) is 0.483.